The van der Waals surface area contributed by atoms with Gasteiger partial charge in [0.15, 0.2) is 11.6 Å². The van der Waals surface area contributed by atoms with Crippen molar-refractivity contribution >= 4 is 28.8 Å². The molecule has 0 bridgehead atoms. The standard InChI is InChI=1S/C31H32N4O3S/c32-19-23-3-5-24(6-4-23)21-34-13-9-22(10-14-34)18-28(36)27-8-7-26(20-33-27)31(38)35-15-11-25(12-16-35)30(37)29-2-1-17-39-29/h1-8,17,20,22,25H,9-16,18,21H2. The Morgan fingerprint density at radius 2 is 1.69 bits per heavy atom. The molecule has 3 aromatic rings. The van der Waals surface area contributed by atoms with Gasteiger partial charge in [-0.05, 0) is 86.0 Å². The minimum atomic E-state index is -0.0989. The van der Waals surface area contributed by atoms with Crippen molar-refractivity contribution in [3.05, 3.63) is 87.4 Å². The van der Waals surface area contributed by atoms with E-state index in [1.807, 2.05) is 41.8 Å². The number of thiophene rings is 1. The van der Waals surface area contributed by atoms with Crippen molar-refractivity contribution in [1.29, 1.82) is 5.26 Å². The van der Waals surface area contributed by atoms with E-state index in [0.29, 0.717) is 55.1 Å². The molecule has 0 atom stereocenters. The van der Waals surface area contributed by atoms with E-state index in [4.69, 9.17) is 5.26 Å². The maximum Gasteiger partial charge on any atom is 0.255 e. The van der Waals surface area contributed by atoms with Crippen LogP contribution in [0.5, 0.6) is 0 Å². The van der Waals surface area contributed by atoms with Crippen LogP contribution in [0.15, 0.2) is 60.1 Å². The fourth-order valence-corrected chi connectivity index (χ4v) is 6.23. The van der Waals surface area contributed by atoms with Crippen molar-refractivity contribution in [2.24, 2.45) is 11.8 Å². The number of nitrogens with zero attached hydrogens (tertiary/aromatic N) is 4. The average molecular weight is 541 g/mol. The van der Waals surface area contributed by atoms with Crippen molar-refractivity contribution in [2.75, 3.05) is 26.2 Å². The number of aromatic nitrogens is 1. The molecule has 2 saturated heterocycles. The Balaban J connectivity index is 1.07. The Kier molecular flexibility index (Phi) is 8.60. The van der Waals surface area contributed by atoms with Crippen LogP contribution in [0.2, 0.25) is 0 Å². The molecule has 1 amide bonds. The Morgan fingerprint density at radius 3 is 2.31 bits per heavy atom. The van der Waals surface area contributed by atoms with Gasteiger partial charge in [-0.3, -0.25) is 24.3 Å². The maximum atomic E-state index is 13.0. The van der Waals surface area contributed by atoms with Crippen LogP contribution in [-0.4, -0.2) is 58.4 Å². The fourth-order valence-electron chi connectivity index (χ4n) is 5.49. The smallest absolute Gasteiger partial charge is 0.255 e. The van der Waals surface area contributed by atoms with Crippen LogP contribution in [0.25, 0.3) is 0 Å². The molecule has 0 N–H and O–H groups in total. The number of pyridine rings is 1. The van der Waals surface area contributed by atoms with Gasteiger partial charge in [0.2, 0.25) is 0 Å². The lowest BCUT2D eigenvalue weighted by Gasteiger charge is -2.31. The first-order valence-corrected chi connectivity index (χ1v) is 14.5. The SMILES string of the molecule is N#Cc1ccc(CN2CCC(CC(=O)c3ccc(C(=O)N4CCC(C(=O)c5cccs5)CC4)cn3)CC2)cc1. The molecule has 8 heteroatoms. The van der Waals surface area contributed by atoms with E-state index in [1.165, 1.54) is 23.1 Å². The summed E-state index contributed by atoms with van der Waals surface area (Å²) < 4.78 is 0. The number of rotatable bonds is 8. The summed E-state index contributed by atoms with van der Waals surface area (Å²) in [7, 11) is 0. The topological polar surface area (TPSA) is 94.4 Å². The van der Waals surface area contributed by atoms with E-state index in [-0.39, 0.29) is 23.4 Å². The Bertz CT molecular complexity index is 1330. The van der Waals surface area contributed by atoms with Crippen LogP contribution >= 0.6 is 11.3 Å². The van der Waals surface area contributed by atoms with Gasteiger partial charge in [0.25, 0.3) is 5.91 Å². The van der Waals surface area contributed by atoms with Crippen molar-refractivity contribution in [1.82, 2.24) is 14.8 Å². The van der Waals surface area contributed by atoms with Crippen molar-refractivity contribution < 1.29 is 14.4 Å². The number of benzene rings is 1. The summed E-state index contributed by atoms with van der Waals surface area (Å²) in [6, 6.07) is 17.0. The average Bonchev–Trinajstić information content (AvgIpc) is 3.53. The summed E-state index contributed by atoms with van der Waals surface area (Å²) >= 11 is 1.47. The molecule has 0 radical (unpaired) electrons. The number of piperidine rings is 2. The molecule has 5 rings (SSSR count). The molecule has 4 heterocycles. The lowest BCUT2D eigenvalue weighted by molar-refractivity contribution is 0.0651. The number of carbonyl (C=O) groups excluding carboxylic acids is 3. The highest BCUT2D eigenvalue weighted by molar-refractivity contribution is 7.12. The summed E-state index contributed by atoms with van der Waals surface area (Å²) in [4.78, 5) is 47.8. The quantitative estimate of drug-likeness (QED) is 0.363. The lowest BCUT2D eigenvalue weighted by atomic mass is 9.90. The monoisotopic (exact) mass is 540 g/mol. The number of Topliss-reactive ketones (excluding diaryl/α,β-unsaturated/α-hetero) is 2. The van der Waals surface area contributed by atoms with Gasteiger partial charge < -0.3 is 4.90 Å². The van der Waals surface area contributed by atoms with E-state index < -0.39 is 0 Å². The first-order chi connectivity index (χ1) is 19.0. The number of likely N-dealkylation sites (tertiary alicyclic amines) is 2. The van der Waals surface area contributed by atoms with Gasteiger partial charge in [-0.1, -0.05) is 18.2 Å². The second-order valence-corrected chi connectivity index (χ2v) is 11.4. The molecule has 0 spiro atoms. The maximum absolute atomic E-state index is 13.0. The molecule has 0 unspecified atom stereocenters. The first-order valence-electron chi connectivity index (χ1n) is 13.6. The minimum absolute atomic E-state index is 0.0208. The highest BCUT2D eigenvalue weighted by Crippen LogP contribution is 2.26. The zero-order valence-corrected chi connectivity index (χ0v) is 22.7. The second kappa shape index (κ2) is 12.5. The summed E-state index contributed by atoms with van der Waals surface area (Å²) in [5.41, 5.74) is 2.75. The van der Waals surface area contributed by atoms with Crippen LogP contribution in [0.1, 0.15) is 73.7 Å². The third kappa shape index (κ3) is 6.67. The predicted octanol–water partition coefficient (Wildman–Crippen LogP) is 5.23. The molecule has 2 aliphatic rings. The van der Waals surface area contributed by atoms with Crippen LogP contribution in [0, 0.1) is 23.2 Å². The molecule has 0 saturated carbocycles. The molecule has 2 aromatic heterocycles. The van der Waals surface area contributed by atoms with E-state index in [0.717, 1.165) is 37.4 Å². The molecular formula is C31H32N4O3S. The van der Waals surface area contributed by atoms with E-state index in [2.05, 4.69) is 16.0 Å². The fraction of sp³-hybridized carbons (Fsp3) is 0.387. The Morgan fingerprint density at radius 1 is 0.949 bits per heavy atom. The normalized spacial score (nSPS) is 17.1. The molecule has 2 aliphatic heterocycles. The molecule has 1 aromatic carbocycles. The first kappa shape index (κ1) is 26.9. The van der Waals surface area contributed by atoms with Crippen LogP contribution in [-0.2, 0) is 6.54 Å². The number of nitriles is 1. The lowest BCUT2D eigenvalue weighted by Crippen LogP contribution is -2.40. The summed E-state index contributed by atoms with van der Waals surface area (Å²) in [6.45, 7) is 3.82. The molecule has 2 fully saturated rings. The minimum Gasteiger partial charge on any atom is -0.339 e. The highest BCUT2D eigenvalue weighted by atomic mass is 32.1. The summed E-state index contributed by atoms with van der Waals surface area (Å²) in [6.07, 6.45) is 5.24. The van der Waals surface area contributed by atoms with Gasteiger partial charge in [-0.15, -0.1) is 11.3 Å². The van der Waals surface area contributed by atoms with Gasteiger partial charge in [-0.25, -0.2) is 0 Å². The van der Waals surface area contributed by atoms with Gasteiger partial charge in [0.05, 0.1) is 22.1 Å². The van der Waals surface area contributed by atoms with Crippen LogP contribution in [0.3, 0.4) is 0 Å². The zero-order valence-electron chi connectivity index (χ0n) is 21.9. The molecule has 0 aliphatic carbocycles. The molecule has 39 heavy (non-hydrogen) atoms. The Hall–Kier alpha value is -3.67. The predicted molar refractivity (Wildman–Crippen MR) is 150 cm³/mol. The number of hydrogen-bond donors (Lipinski definition) is 0. The van der Waals surface area contributed by atoms with E-state index >= 15 is 0 Å². The van der Waals surface area contributed by atoms with Gasteiger partial charge >= 0.3 is 0 Å². The summed E-state index contributed by atoms with van der Waals surface area (Å²) in [5.74, 6) is 0.397. The van der Waals surface area contributed by atoms with Crippen molar-refractivity contribution in [3.63, 3.8) is 0 Å². The third-order valence-corrected chi connectivity index (χ3v) is 8.77. The number of amides is 1. The molecule has 200 valence electrons. The van der Waals surface area contributed by atoms with E-state index in [9.17, 15) is 14.4 Å². The van der Waals surface area contributed by atoms with Crippen molar-refractivity contribution in [2.45, 2.75) is 38.6 Å². The van der Waals surface area contributed by atoms with Gasteiger partial charge in [0.1, 0.15) is 5.69 Å². The van der Waals surface area contributed by atoms with Crippen molar-refractivity contribution in [3.8, 4) is 6.07 Å². The molecular weight excluding hydrogens is 508 g/mol. The van der Waals surface area contributed by atoms with Gasteiger partial charge in [0, 0.05) is 38.2 Å². The van der Waals surface area contributed by atoms with E-state index in [1.54, 1.807) is 17.0 Å². The number of carbonyl (C=O) groups is 3. The molecule has 7 nitrogen and oxygen atoms in total. The summed E-state index contributed by atoms with van der Waals surface area (Å²) in [5, 5.41) is 10.9. The largest absolute Gasteiger partial charge is 0.339 e. The number of hydrogen-bond acceptors (Lipinski definition) is 7. The third-order valence-electron chi connectivity index (χ3n) is 7.88. The Labute approximate surface area is 233 Å². The number of ketones is 2. The van der Waals surface area contributed by atoms with Crippen LogP contribution < -0.4 is 0 Å². The zero-order chi connectivity index (χ0) is 27.2. The highest BCUT2D eigenvalue weighted by Gasteiger charge is 2.29. The second-order valence-electron chi connectivity index (χ2n) is 10.5. The van der Waals surface area contributed by atoms with Crippen LogP contribution in [0.4, 0.5) is 0 Å². The van der Waals surface area contributed by atoms with Gasteiger partial charge in [-0.2, -0.15) is 5.26 Å².